The van der Waals surface area contributed by atoms with Gasteiger partial charge in [-0.3, -0.25) is 0 Å². The van der Waals surface area contributed by atoms with Gasteiger partial charge in [0, 0.05) is 17.6 Å². The molecule has 2 rings (SSSR count). The molecule has 2 N–H and O–H groups in total. The number of carbonyl (C=O) groups is 1. The van der Waals surface area contributed by atoms with Gasteiger partial charge < -0.3 is 10.6 Å². The van der Waals surface area contributed by atoms with Gasteiger partial charge in [0.15, 0.2) is 9.84 Å². The van der Waals surface area contributed by atoms with Gasteiger partial charge in [0.1, 0.15) is 0 Å². The molecule has 0 aliphatic carbocycles. The second-order valence-electron chi connectivity index (χ2n) is 5.58. The van der Waals surface area contributed by atoms with Crippen LogP contribution in [-0.4, -0.2) is 20.7 Å². The summed E-state index contributed by atoms with van der Waals surface area (Å²) in [5, 5.41) is 5.49. The molecule has 122 valence electrons. The zero-order valence-corrected chi connectivity index (χ0v) is 14.4. The summed E-state index contributed by atoms with van der Waals surface area (Å²) in [6.07, 6.45) is 1.14. The van der Waals surface area contributed by atoms with Crippen LogP contribution in [0.5, 0.6) is 0 Å². The van der Waals surface area contributed by atoms with E-state index in [1.54, 1.807) is 13.0 Å². The Balaban J connectivity index is 2.22. The summed E-state index contributed by atoms with van der Waals surface area (Å²) in [7, 11) is -3.32. The highest BCUT2D eigenvalue weighted by Gasteiger charge is 2.12. The Hall–Kier alpha value is -2.34. The average molecular weight is 332 g/mol. The summed E-state index contributed by atoms with van der Waals surface area (Å²) < 4.78 is 23.3. The predicted octanol–water partition coefficient (Wildman–Crippen LogP) is 3.66. The number of nitrogens with one attached hydrogen (secondary N) is 2. The fraction of sp³-hybridized carbons (Fsp3) is 0.235. The van der Waals surface area contributed by atoms with Crippen LogP contribution in [0.1, 0.15) is 16.7 Å². The number of hydrogen-bond donors (Lipinski definition) is 2. The molecule has 5 nitrogen and oxygen atoms in total. The smallest absolute Gasteiger partial charge is 0.307 e. The van der Waals surface area contributed by atoms with Crippen molar-refractivity contribution in [1.29, 1.82) is 0 Å². The molecule has 0 aliphatic heterocycles. The lowest BCUT2D eigenvalue weighted by Crippen LogP contribution is -2.21. The Labute approximate surface area is 136 Å². The number of rotatable bonds is 3. The molecule has 0 unspecified atom stereocenters. The number of anilines is 2. The van der Waals surface area contributed by atoms with Crippen molar-refractivity contribution < 1.29 is 13.2 Å². The second kappa shape index (κ2) is 6.42. The minimum absolute atomic E-state index is 0.171. The zero-order valence-electron chi connectivity index (χ0n) is 13.6. The van der Waals surface area contributed by atoms with E-state index in [1.807, 2.05) is 32.0 Å². The quantitative estimate of drug-likeness (QED) is 0.900. The van der Waals surface area contributed by atoms with Crippen LogP contribution in [0.2, 0.25) is 0 Å². The lowest BCUT2D eigenvalue weighted by molar-refractivity contribution is 0.262. The van der Waals surface area contributed by atoms with Crippen molar-refractivity contribution in [2.75, 3.05) is 16.9 Å². The van der Waals surface area contributed by atoms with E-state index in [9.17, 15) is 13.2 Å². The molecule has 0 saturated heterocycles. The Morgan fingerprint density at radius 3 is 2.22 bits per heavy atom. The summed E-state index contributed by atoms with van der Waals surface area (Å²) in [6.45, 7) is 5.71. The summed E-state index contributed by atoms with van der Waals surface area (Å²) in [6, 6.07) is 9.91. The van der Waals surface area contributed by atoms with E-state index in [0.717, 1.165) is 28.6 Å². The number of hydrogen-bond acceptors (Lipinski definition) is 3. The third-order valence-corrected chi connectivity index (χ3v) is 4.85. The maximum atomic E-state index is 12.2. The molecule has 0 atom stereocenters. The molecule has 23 heavy (non-hydrogen) atoms. The van der Waals surface area contributed by atoms with E-state index in [2.05, 4.69) is 10.6 Å². The first-order valence-electron chi connectivity index (χ1n) is 7.13. The molecule has 2 aromatic rings. The summed E-state index contributed by atoms with van der Waals surface area (Å²) >= 11 is 0. The maximum absolute atomic E-state index is 12.2. The molecular formula is C17H20N2O3S. The van der Waals surface area contributed by atoms with Crippen LogP contribution < -0.4 is 10.6 Å². The van der Waals surface area contributed by atoms with Crippen molar-refractivity contribution in [2.24, 2.45) is 0 Å². The number of aryl methyl sites for hydroxylation is 2. The van der Waals surface area contributed by atoms with Gasteiger partial charge in [-0.15, -0.1) is 0 Å². The number of carbonyl (C=O) groups excluding carboxylic acids is 1. The van der Waals surface area contributed by atoms with Crippen molar-refractivity contribution in [3.63, 3.8) is 0 Å². The molecule has 6 heteroatoms. The Morgan fingerprint density at radius 1 is 0.913 bits per heavy atom. The van der Waals surface area contributed by atoms with E-state index in [0.29, 0.717) is 5.69 Å². The molecule has 0 saturated carbocycles. The molecule has 0 aliphatic rings. The summed E-state index contributed by atoms with van der Waals surface area (Å²) in [4.78, 5) is 12.4. The second-order valence-corrected chi connectivity index (χ2v) is 7.59. The summed E-state index contributed by atoms with van der Waals surface area (Å²) in [5.74, 6) is 0. The van der Waals surface area contributed by atoms with Crippen LogP contribution in [0, 0.1) is 20.8 Å². The molecule has 2 amide bonds. The highest BCUT2D eigenvalue weighted by molar-refractivity contribution is 7.90. The molecule has 0 aromatic heterocycles. The normalized spacial score (nSPS) is 11.1. The SMILES string of the molecule is Cc1ccc(S(C)(=O)=O)cc1NC(=O)Nc1cccc(C)c1C. The largest absolute Gasteiger partial charge is 0.323 e. The van der Waals surface area contributed by atoms with Gasteiger partial charge in [0.25, 0.3) is 0 Å². The highest BCUT2D eigenvalue weighted by Crippen LogP contribution is 2.22. The van der Waals surface area contributed by atoms with Gasteiger partial charge in [0.05, 0.1) is 4.90 Å². The van der Waals surface area contributed by atoms with E-state index < -0.39 is 15.9 Å². The third kappa shape index (κ3) is 4.10. The molecule has 0 fully saturated rings. The predicted molar refractivity (Wildman–Crippen MR) is 92.8 cm³/mol. The first-order chi connectivity index (χ1) is 10.7. The summed E-state index contributed by atoms with van der Waals surface area (Å²) in [5.41, 5.74) is 4.05. The van der Waals surface area contributed by atoms with Gasteiger partial charge in [-0.05, 0) is 55.7 Å². The van der Waals surface area contributed by atoms with Crippen LogP contribution in [0.15, 0.2) is 41.3 Å². The van der Waals surface area contributed by atoms with Gasteiger partial charge >= 0.3 is 6.03 Å². The number of urea groups is 1. The van der Waals surface area contributed by atoms with Gasteiger partial charge in [-0.25, -0.2) is 13.2 Å². The molecule has 0 heterocycles. The zero-order chi connectivity index (χ0) is 17.2. The van der Waals surface area contributed by atoms with Crippen molar-refractivity contribution in [1.82, 2.24) is 0 Å². The average Bonchev–Trinajstić information content (AvgIpc) is 2.45. The Bertz CT molecular complexity index is 858. The van der Waals surface area contributed by atoms with Crippen LogP contribution in [0.25, 0.3) is 0 Å². The van der Waals surface area contributed by atoms with E-state index in [-0.39, 0.29) is 4.90 Å². The first kappa shape index (κ1) is 17.0. The first-order valence-corrected chi connectivity index (χ1v) is 9.02. The van der Waals surface area contributed by atoms with Crippen molar-refractivity contribution in [3.8, 4) is 0 Å². The highest BCUT2D eigenvalue weighted by atomic mass is 32.2. The fourth-order valence-corrected chi connectivity index (χ4v) is 2.78. The van der Waals surface area contributed by atoms with E-state index >= 15 is 0 Å². The third-order valence-electron chi connectivity index (χ3n) is 3.74. The molecule has 2 aromatic carbocycles. The van der Waals surface area contributed by atoms with Gasteiger partial charge in [-0.1, -0.05) is 18.2 Å². The Morgan fingerprint density at radius 2 is 1.57 bits per heavy atom. The standard InChI is InChI=1S/C17H20N2O3S/c1-11-6-5-7-15(13(11)3)18-17(20)19-16-10-14(23(4,21)22)9-8-12(16)2/h5-10H,1-4H3,(H2,18,19,20). The van der Waals surface area contributed by atoms with Gasteiger partial charge in [0.2, 0.25) is 0 Å². The number of amides is 2. The van der Waals surface area contributed by atoms with Gasteiger partial charge in [-0.2, -0.15) is 0 Å². The van der Waals surface area contributed by atoms with Crippen molar-refractivity contribution in [2.45, 2.75) is 25.7 Å². The molecule has 0 bridgehead atoms. The monoisotopic (exact) mass is 332 g/mol. The minimum Gasteiger partial charge on any atom is -0.307 e. The van der Waals surface area contributed by atoms with Crippen LogP contribution >= 0.6 is 0 Å². The maximum Gasteiger partial charge on any atom is 0.323 e. The lowest BCUT2D eigenvalue weighted by atomic mass is 10.1. The van der Waals surface area contributed by atoms with E-state index in [4.69, 9.17) is 0 Å². The molecular weight excluding hydrogens is 312 g/mol. The van der Waals surface area contributed by atoms with Crippen LogP contribution in [0.4, 0.5) is 16.2 Å². The molecule has 0 spiro atoms. The topological polar surface area (TPSA) is 75.3 Å². The number of benzene rings is 2. The molecule has 0 radical (unpaired) electrons. The van der Waals surface area contributed by atoms with E-state index in [1.165, 1.54) is 12.1 Å². The minimum atomic E-state index is -3.32. The lowest BCUT2D eigenvalue weighted by Gasteiger charge is -2.13. The van der Waals surface area contributed by atoms with Crippen LogP contribution in [0.3, 0.4) is 0 Å². The Kier molecular flexibility index (Phi) is 4.75. The van der Waals surface area contributed by atoms with Crippen molar-refractivity contribution >= 4 is 27.2 Å². The van der Waals surface area contributed by atoms with Crippen LogP contribution in [-0.2, 0) is 9.84 Å². The fourth-order valence-electron chi connectivity index (χ4n) is 2.13. The number of sulfone groups is 1. The van der Waals surface area contributed by atoms with Crippen molar-refractivity contribution in [3.05, 3.63) is 53.1 Å².